The number of methoxy groups -OCH3 is 1. The number of anilines is 1. The molecule has 3 heterocycles. The number of amides is 1. The van der Waals surface area contributed by atoms with E-state index in [-0.39, 0.29) is 18.6 Å². The summed E-state index contributed by atoms with van der Waals surface area (Å²) < 4.78 is 24.0. The van der Waals surface area contributed by atoms with E-state index in [1.807, 2.05) is 33.8 Å². The van der Waals surface area contributed by atoms with Gasteiger partial charge in [0.1, 0.15) is 6.04 Å². The molecule has 0 radical (unpaired) electrons. The van der Waals surface area contributed by atoms with Crippen molar-refractivity contribution in [2.75, 3.05) is 51.1 Å². The summed E-state index contributed by atoms with van der Waals surface area (Å²) in [5.41, 5.74) is 1.80. The third-order valence-corrected chi connectivity index (χ3v) is 6.61. The fraction of sp³-hybridized carbons (Fsp3) is 0.520. The number of morpholine rings is 1. The van der Waals surface area contributed by atoms with Gasteiger partial charge in [0, 0.05) is 18.8 Å². The topological polar surface area (TPSA) is 117 Å². The lowest BCUT2D eigenvalue weighted by Crippen LogP contribution is -2.43. The first-order chi connectivity index (χ1) is 17.8. The lowest BCUT2D eigenvalue weighted by atomic mass is 9.95. The van der Waals surface area contributed by atoms with Crippen LogP contribution in [0.4, 0.5) is 5.95 Å². The van der Waals surface area contributed by atoms with Crippen LogP contribution >= 0.6 is 11.8 Å². The van der Waals surface area contributed by atoms with Gasteiger partial charge < -0.3 is 29.2 Å². The Labute approximate surface area is 220 Å². The number of carbonyl (C=O) groups is 2. The minimum absolute atomic E-state index is 0.112. The highest BCUT2D eigenvalue weighted by Crippen LogP contribution is 2.40. The molecule has 1 unspecified atom stereocenters. The highest BCUT2D eigenvalue weighted by molar-refractivity contribution is 7.99. The quantitative estimate of drug-likeness (QED) is 0.382. The molecule has 200 valence electrons. The first-order valence-corrected chi connectivity index (χ1v) is 13.2. The average Bonchev–Trinajstić information content (AvgIpc) is 3.28. The predicted octanol–water partition coefficient (Wildman–Crippen LogP) is 2.88. The number of esters is 1. The van der Waals surface area contributed by atoms with E-state index in [4.69, 9.17) is 18.9 Å². The second-order valence-corrected chi connectivity index (χ2v) is 10.0. The van der Waals surface area contributed by atoms with Gasteiger partial charge in [-0.1, -0.05) is 24.8 Å². The Kier molecular flexibility index (Phi) is 8.59. The van der Waals surface area contributed by atoms with Gasteiger partial charge in [0.25, 0.3) is 5.91 Å². The molecule has 1 aromatic heterocycles. The number of aromatic nitrogens is 3. The molecule has 11 nitrogen and oxygen atoms in total. The highest BCUT2D eigenvalue weighted by Gasteiger charge is 2.36. The van der Waals surface area contributed by atoms with Gasteiger partial charge in [0.2, 0.25) is 11.1 Å². The van der Waals surface area contributed by atoms with E-state index >= 15 is 0 Å². The van der Waals surface area contributed by atoms with Crippen LogP contribution in [0.3, 0.4) is 0 Å². The number of nitrogens with one attached hydrogen (secondary N) is 1. The van der Waals surface area contributed by atoms with Gasteiger partial charge >= 0.3 is 5.97 Å². The van der Waals surface area contributed by atoms with Crippen molar-refractivity contribution in [3.63, 3.8) is 0 Å². The minimum Gasteiger partial charge on any atom is -0.493 e. The van der Waals surface area contributed by atoms with Crippen LogP contribution in [-0.4, -0.2) is 83.4 Å². The van der Waals surface area contributed by atoms with Crippen LogP contribution in [-0.2, 0) is 19.1 Å². The number of hydrogen-bond donors (Lipinski definition) is 1. The van der Waals surface area contributed by atoms with E-state index in [9.17, 15) is 9.59 Å². The molecule has 2 aliphatic heterocycles. The average molecular weight is 532 g/mol. The summed E-state index contributed by atoms with van der Waals surface area (Å²) in [6, 6.07) is 4.76. The third kappa shape index (κ3) is 6.02. The van der Waals surface area contributed by atoms with Crippen LogP contribution in [0.15, 0.2) is 34.6 Å². The fourth-order valence-electron chi connectivity index (χ4n) is 4.19. The summed E-state index contributed by atoms with van der Waals surface area (Å²) in [5, 5.41) is 8.47. The summed E-state index contributed by atoms with van der Waals surface area (Å²) >= 11 is 1.51. The Morgan fingerprint density at radius 1 is 1.24 bits per heavy atom. The summed E-state index contributed by atoms with van der Waals surface area (Å²) in [6.07, 6.45) is -0.286. The Balaban J connectivity index is 1.65. The standard InChI is InChI=1S/C25H33N5O6S/c1-6-37-25-27-24-26-16(4)21(23(32)36-15(2)3)22(30(24)28-25)17-7-8-18(19(13-17)33-5)35-14-20(31)29-9-11-34-12-10-29/h7-8,13,15,22H,6,9-12,14H2,1-5H3,(H,26,27,28). The van der Waals surface area contributed by atoms with Crippen LogP contribution in [0.25, 0.3) is 0 Å². The van der Waals surface area contributed by atoms with E-state index in [2.05, 4.69) is 15.4 Å². The maximum Gasteiger partial charge on any atom is 0.338 e. The predicted molar refractivity (Wildman–Crippen MR) is 138 cm³/mol. The molecular weight excluding hydrogens is 498 g/mol. The summed E-state index contributed by atoms with van der Waals surface area (Å²) in [7, 11) is 1.53. The van der Waals surface area contributed by atoms with Gasteiger partial charge in [-0.2, -0.15) is 4.98 Å². The van der Waals surface area contributed by atoms with Crippen LogP contribution in [0.1, 0.15) is 39.3 Å². The maximum atomic E-state index is 13.2. The Morgan fingerprint density at radius 2 is 2.00 bits per heavy atom. The molecule has 12 heteroatoms. The number of ether oxygens (including phenoxy) is 4. The molecule has 2 aliphatic rings. The molecule has 4 rings (SSSR count). The molecule has 1 atom stereocenters. The number of fused-ring (bicyclic) bond motifs is 1. The largest absolute Gasteiger partial charge is 0.493 e. The fourth-order valence-corrected chi connectivity index (χ4v) is 4.74. The molecule has 1 amide bonds. The van der Waals surface area contributed by atoms with Crippen LogP contribution in [0, 0.1) is 0 Å². The lowest BCUT2D eigenvalue weighted by molar-refractivity contribution is -0.143. The number of thioether (sulfide) groups is 1. The first kappa shape index (κ1) is 26.8. The minimum atomic E-state index is -0.598. The van der Waals surface area contributed by atoms with Gasteiger partial charge in [-0.3, -0.25) is 4.79 Å². The first-order valence-electron chi connectivity index (χ1n) is 12.3. The highest BCUT2D eigenvalue weighted by atomic mass is 32.2. The lowest BCUT2D eigenvalue weighted by Gasteiger charge is -2.29. The number of hydrogen-bond acceptors (Lipinski definition) is 10. The van der Waals surface area contributed by atoms with Crippen molar-refractivity contribution in [2.45, 2.75) is 45.0 Å². The molecule has 2 aromatic rings. The number of rotatable bonds is 9. The van der Waals surface area contributed by atoms with E-state index < -0.39 is 12.0 Å². The Hall–Kier alpha value is -3.25. The number of benzene rings is 1. The SMILES string of the molecule is CCSc1nc2n(n1)C(c1ccc(OCC(=O)N3CCOCC3)c(OC)c1)C(C(=O)OC(C)C)=C(C)N2. The van der Waals surface area contributed by atoms with E-state index in [1.54, 1.807) is 21.7 Å². The molecule has 1 N–H and O–H groups in total. The summed E-state index contributed by atoms with van der Waals surface area (Å²) in [5.74, 6) is 1.66. The number of nitrogens with zero attached hydrogens (tertiary/aromatic N) is 4. The van der Waals surface area contributed by atoms with Gasteiger partial charge in [-0.05, 0) is 44.2 Å². The smallest absolute Gasteiger partial charge is 0.338 e. The molecule has 0 aliphatic carbocycles. The zero-order chi connectivity index (χ0) is 26.5. The van der Waals surface area contributed by atoms with E-state index in [1.165, 1.54) is 18.9 Å². The molecule has 0 bridgehead atoms. The summed E-state index contributed by atoms with van der Waals surface area (Å²) in [4.78, 5) is 32.0. The van der Waals surface area contributed by atoms with Crippen molar-refractivity contribution in [1.82, 2.24) is 19.7 Å². The second-order valence-electron chi connectivity index (χ2n) is 8.81. The molecular formula is C25H33N5O6S. The van der Waals surface area contributed by atoms with E-state index in [0.29, 0.717) is 60.2 Å². The van der Waals surface area contributed by atoms with Gasteiger partial charge in [0.15, 0.2) is 18.1 Å². The zero-order valence-electron chi connectivity index (χ0n) is 21.8. The molecule has 1 saturated heterocycles. The van der Waals surface area contributed by atoms with Crippen molar-refractivity contribution in [2.24, 2.45) is 0 Å². The number of allylic oxidation sites excluding steroid dienone is 1. The molecule has 1 fully saturated rings. The molecule has 37 heavy (non-hydrogen) atoms. The van der Waals surface area contributed by atoms with E-state index in [0.717, 1.165) is 11.3 Å². The van der Waals surface area contributed by atoms with Crippen LogP contribution in [0.2, 0.25) is 0 Å². The van der Waals surface area contributed by atoms with Crippen molar-refractivity contribution < 1.29 is 28.5 Å². The van der Waals surface area contributed by atoms with Crippen molar-refractivity contribution >= 4 is 29.6 Å². The van der Waals surface area contributed by atoms with Gasteiger partial charge in [-0.15, -0.1) is 5.10 Å². The summed E-state index contributed by atoms with van der Waals surface area (Å²) in [6.45, 7) is 9.50. The van der Waals surface area contributed by atoms with Crippen molar-refractivity contribution in [1.29, 1.82) is 0 Å². The second kappa shape index (κ2) is 11.9. The third-order valence-electron chi connectivity index (χ3n) is 5.89. The zero-order valence-corrected chi connectivity index (χ0v) is 22.6. The Bertz CT molecular complexity index is 1170. The Morgan fingerprint density at radius 3 is 2.68 bits per heavy atom. The van der Waals surface area contributed by atoms with Crippen LogP contribution < -0.4 is 14.8 Å². The molecule has 1 aromatic carbocycles. The molecule has 0 saturated carbocycles. The molecule has 0 spiro atoms. The van der Waals surface area contributed by atoms with Crippen LogP contribution in [0.5, 0.6) is 11.5 Å². The van der Waals surface area contributed by atoms with Gasteiger partial charge in [-0.25, -0.2) is 9.48 Å². The maximum absolute atomic E-state index is 13.2. The van der Waals surface area contributed by atoms with Crippen molar-refractivity contribution in [3.8, 4) is 11.5 Å². The van der Waals surface area contributed by atoms with Gasteiger partial charge in [0.05, 0.1) is 32.0 Å². The number of carbonyl (C=O) groups excluding carboxylic acids is 2. The van der Waals surface area contributed by atoms with Crippen molar-refractivity contribution in [3.05, 3.63) is 35.0 Å². The monoisotopic (exact) mass is 531 g/mol. The normalized spacial score (nSPS) is 17.4.